The second kappa shape index (κ2) is 3.17. The Hall–Kier alpha value is -0.650. The van der Waals surface area contributed by atoms with Gasteiger partial charge in [-0.15, -0.1) is 0 Å². The Kier molecular flexibility index (Phi) is 2.02. The van der Waals surface area contributed by atoms with E-state index in [2.05, 4.69) is 0 Å². The molecule has 0 atom stereocenters. The molecule has 0 bridgehead atoms. The number of hydrogen-bond donors (Lipinski definition) is 0. The first-order chi connectivity index (χ1) is 5.45. The summed E-state index contributed by atoms with van der Waals surface area (Å²) in [7, 11) is 0. The molecule has 0 aliphatic heterocycles. The van der Waals surface area contributed by atoms with Gasteiger partial charge >= 0.3 is 74.2 Å². The predicted molar refractivity (Wildman–Crippen MR) is 42.4 cm³/mol. The van der Waals surface area contributed by atoms with E-state index in [1.165, 1.54) is 0 Å². The molecule has 3 heteroatoms. The van der Waals surface area contributed by atoms with Crippen LogP contribution in [0, 0.1) is 0 Å². The molecule has 0 aromatic carbocycles. The fourth-order valence-corrected chi connectivity index (χ4v) is 2.74. The van der Waals surface area contributed by atoms with Gasteiger partial charge in [0.25, 0.3) is 0 Å². The second-order valence-corrected chi connectivity index (χ2v) is 4.85. The Balaban J connectivity index is 2.14. The zero-order chi connectivity index (χ0) is 7.52. The molecular formula is C8H6O2Te. The molecule has 0 saturated carbocycles. The number of rotatable bonds is 2. The Morgan fingerprint density at radius 1 is 0.909 bits per heavy atom. The Morgan fingerprint density at radius 3 is 1.82 bits per heavy atom. The van der Waals surface area contributed by atoms with Gasteiger partial charge in [-0.25, -0.2) is 0 Å². The van der Waals surface area contributed by atoms with Crippen LogP contribution >= 0.6 is 0 Å². The van der Waals surface area contributed by atoms with Gasteiger partial charge in [0.1, 0.15) is 0 Å². The maximum absolute atomic E-state index is 5.20. The summed E-state index contributed by atoms with van der Waals surface area (Å²) in [4.78, 5) is 0. The third kappa shape index (κ3) is 1.68. The average molecular weight is 262 g/mol. The van der Waals surface area contributed by atoms with Crippen LogP contribution in [-0.2, 0) is 0 Å². The molecule has 0 N–H and O–H groups in total. The first-order valence-electron chi connectivity index (χ1n) is 3.20. The SMILES string of the molecule is c1coc([Te]c2ccco2)c1. The van der Waals surface area contributed by atoms with Crippen molar-refractivity contribution in [3.63, 3.8) is 0 Å². The summed E-state index contributed by atoms with van der Waals surface area (Å²) in [6, 6.07) is 7.79. The Bertz CT molecular complexity index is 264. The maximum atomic E-state index is 5.20. The van der Waals surface area contributed by atoms with Gasteiger partial charge in [0, 0.05) is 0 Å². The van der Waals surface area contributed by atoms with Crippen molar-refractivity contribution in [3.8, 4) is 0 Å². The van der Waals surface area contributed by atoms with Gasteiger partial charge in [-0.1, -0.05) is 0 Å². The summed E-state index contributed by atoms with van der Waals surface area (Å²) in [5.41, 5.74) is 0. The Labute approximate surface area is 74.3 Å². The van der Waals surface area contributed by atoms with Crippen LogP contribution in [0.2, 0.25) is 0 Å². The van der Waals surface area contributed by atoms with Crippen LogP contribution in [0.5, 0.6) is 0 Å². The van der Waals surface area contributed by atoms with Gasteiger partial charge in [0.05, 0.1) is 0 Å². The molecule has 0 fully saturated rings. The molecule has 2 rings (SSSR count). The van der Waals surface area contributed by atoms with Crippen LogP contribution in [0.4, 0.5) is 0 Å². The van der Waals surface area contributed by atoms with Crippen molar-refractivity contribution in [1.29, 1.82) is 0 Å². The number of hydrogen-bond acceptors (Lipinski definition) is 2. The van der Waals surface area contributed by atoms with E-state index in [-0.39, 0.29) is 0 Å². The summed E-state index contributed by atoms with van der Waals surface area (Å²) in [6.07, 6.45) is 3.39. The monoisotopic (exact) mass is 264 g/mol. The molecule has 0 radical (unpaired) electrons. The average Bonchev–Trinajstić information content (AvgIpc) is 2.60. The standard InChI is InChI=1S/C8H6O2Te/c1-3-7(9-5-1)11-8-4-2-6-10-8/h1-6H. The van der Waals surface area contributed by atoms with Crippen molar-refractivity contribution in [2.75, 3.05) is 0 Å². The molecule has 2 aromatic heterocycles. The minimum atomic E-state index is -0.405. The van der Waals surface area contributed by atoms with E-state index in [1.807, 2.05) is 24.3 Å². The van der Waals surface area contributed by atoms with Crippen molar-refractivity contribution in [3.05, 3.63) is 36.8 Å². The molecule has 2 aromatic rings. The molecule has 0 aliphatic carbocycles. The summed E-state index contributed by atoms with van der Waals surface area (Å²) >= 11 is -0.405. The topological polar surface area (TPSA) is 26.3 Å². The first kappa shape index (κ1) is 7.02. The molecule has 11 heavy (non-hydrogen) atoms. The van der Waals surface area contributed by atoms with Gasteiger partial charge in [-0.05, 0) is 0 Å². The van der Waals surface area contributed by atoms with Crippen LogP contribution in [0.3, 0.4) is 0 Å². The molecule has 2 heterocycles. The quantitative estimate of drug-likeness (QED) is 0.737. The van der Waals surface area contributed by atoms with E-state index in [9.17, 15) is 0 Å². The molecule has 0 amide bonds. The van der Waals surface area contributed by atoms with Crippen LogP contribution in [0.15, 0.2) is 45.6 Å². The van der Waals surface area contributed by atoms with Crippen LogP contribution in [0.25, 0.3) is 0 Å². The Morgan fingerprint density at radius 2 is 1.45 bits per heavy atom. The van der Waals surface area contributed by atoms with Gasteiger partial charge in [0.2, 0.25) is 0 Å². The zero-order valence-electron chi connectivity index (χ0n) is 5.69. The van der Waals surface area contributed by atoms with Crippen molar-refractivity contribution >= 4 is 28.5 Å². The summed E-state index contributed by atoms with van der Waals surface area (Å²) < 4.78 is 12.5. The van der Waals surface area contributed by atoms with Crippen molar-refractivity contribution in [2.24, 2.45) is 0 Å². The molecule has 0 unspecified atom stereocenters. The van der Waals surface area contributed by atoms with Gasteiger partial charge in [-0.2, -0.15) is 0 Å². The van der Waals surface area contributed by atoms with E-state index in [0.717, 1.165) is 7.62 Å². The fourth-order valence-electron chi connectivity index (χ4n) is 0.742. The molecule has 0 spiro atoms. The summed E-state index contributed by atoms with van der Waals surface area (Å²) in [5.74, 6) is 0. The van der Waals surface area contributed by atoms with Crippen molar-refractivity contribution < 1.29 is 8.83 Å². The van der Waals surface area contributed by atoms with Crippen molar-refractivity contribution in [2.45, 2.75) is 0 Å². The van der Waals surface area contributed by atoms with Crippen molar-refractivity contribution in [1.82, 2.24) is 0 Å². The third-order valence-corrected chi connectivity index (χ3v) is 3.67. The fraction of sp³-hybridized carbons (Fsp3) is 0. The molecule has 2 nitrogen and oxygen atoms in total. The molecule has 0 saturated heterocycles. The minimum absolute atomic E-state index is 0.405. The summed E-state index contributed by atoms with van der Waals surface area (Å²) in [6.45, 7) is 0. The normalized spacial score (nSPS) is 10.2. The van der Waals surface area contributed by atoms with Crippen LogP contribution in [0.1, 0.15) is 0 Å². The molecular weight excluding hydrogens is 256 g/mol. The van der Waals surface area contributed by atoms with Gasteiger partial charge in [0.15, 0.2) is 0 Å². The van der Waals surface area contributed by atoms with Crippen LogP contribution in [-0.4, -0.2) is 20.9 Å². The second-order valence-electron chi connectivity index (χ2n) is 1.97. The van der Waals surface area contributed by atoms with E-state index in [4.69, 9.17) is 8.83 Å². The zero-order valence-corrected chi connectivity index (χ0v) is 8.02. The van der Waals surface area contributed by atoms with Gasteiger partial charge < -0.3 is 0 Å². The van der Waals surface area contributed by atoms with E-state index in [1.54, 1.807) is 12.5 Å². The predicted octanol–water partition coefficient (Wildman–Crippen LogP) is 0.528. The van der Waals surface area contributed by atoms with Crippen LogP contribution < -0.4 is 7.62 Å². The number of furan rings is 2. The van der Waals surface area contributed by atoms with E-state index in [0.29, 0.717) is 0 Å². The molecule has 0 aliphatic rings. The van der Waals surface area contributed by atoms with Gasteiger partial charge in [-0.3, -0.25) is 0 Å². The molecule has 56 valence electrons. The van der Waals surface area contributed by atoms with E-state index < -0.39 is 20.9 Å². The van der Waals surface area contributed by atoms with E-state index >= 15 is 0 Å². The third-order valence-electron chi connectivity index (χ3n) is 1.19. The summed E-state index contributed by atoms with van der Waals surface area (Å²) in [5, 5.41) is 0. The first-order valence-corrected chi connectivity index (χ1v) is 5.53.